The first-order valence-corrected chi connectivity index (χ1v) is 8.00. The molecule has 0 saturated carbocycles. The first kappa shape index (κ1) is 17.8. The number of hydrogen-bond donors (Lipinski definition) is 0. The van der Waals surface area contributed by atoms with Crippen molar-refractivity contribution in [1.82, 2.24) is 0 Å². The highest BCUT2D eigenvalue weighted by atomic mass is 16.7. The van der Waals surface area contributed by atoms with E-state index < -0.39 is 12.3 Å². The summed E-state index contributed by atoms with van der Waals surface area (Å²) in [5, 5.41) is 0. The second-order valence-corrected chi connectivity index (χ2v) is 6.39. The van der Waals surface area contributed by atoms with Gasteiger partial charge in [0.25, 0.3) is 0 Å². The Labute approximate surface area is 143 Å². The van der Waals surface area contributed by atoms with Gasteiger partial charge in [-0.15, -0.1) is 0 Å². The van der Waals surface area contributed by atoms with Gasteiger partial charge in [-0.1, -0.05) is 62.9 Å². The van der Waals surface area contributed by atoms with E-state index in [2.05, 4.69) is 32.6 Å². The van der Waals surface area contributed by atoms with Gasteiger partial charge in [0, 0.05) is 17.9 Å². The SMILES string of the molecule is C=C(C)C(=O)OC(C)Oc1ccc(C(C)(C)c2ccccc2)cc1. The largest absolute Gasteiger partial charge is 0.455 e. The fraction of sp³-hybridized carbons (Fsp3) is 0.286. The lowest BCUT2D eigenvalue weighted by Gasteiger charge is -2.26. The van der Waals surface area contributed by atoms with E-state index in [1.807, 2.05) is 42.5 Å². The molecule has 0 heterocycles. The molecule has 0 amide bonds. The van der Waals surface area contributed by atoms with E-state index in [-0.39, 0.29) is 5.41 Å². The Hall–Kier alpha value is -2.55. The van der Waals surface area contributed by atoms with E-state index in [4.69, 9.17) is 9.47 Å². The molecule has 0 saturated heterocycles. The quantitative estimate of drug-likeness (QED) is 0.432. The highest BCUT2D eigenvalue weighted by Crippen LogP contribution is 2.32. The van der Waals surface area contributed by atoms with Crippen LogP contribution in [0.25, 0.3) is 0 Å². The predicted octanol–water partition coefficient (Wildman–Crippen LogP) is 4.86. The molecule has 0 aliphatic heterocycles. The van der Waals surface area contributed by atoms with Gasteiger partial charge in [0.15, 0.2) is 0 Å². The number of carbonyl (C=O) groups is 1. The summed E-state index contributed by atoms with van der Waals surface area (Å²) >= 11 is 0. The summed E-state index contributed by atoms with van der Waals surface area (Å²) < 4.78 is 10.7. The summed E-state index contributed by atoms with van der Waals surface area (Å²) in [6.07, 6.45) is -0.665. The Morgan fingerprint density at radius 2 is 1.54 bits per heavy atom. The molecule has 126 valence electrons. The molecule has 0 aliphatic rings. The van der Waals surface area contributed by atoms with Gasteiger partial charge < -0.3 is 9.47 Å². The number of hydrogen-bond acceptors (Lipinski definition) is 3. The van der Waals surface area contributed by atoms with Gasteiger partial charge in [-0.3, -0.25) is 0 Å². The Morgan fingerprint density at radius 1 is 1.00 bits per heavy atom. The van der Waals surface area contributed by atoms with Crippen LogP contribution in [0.3, 0.4) is 0 Å². The molecule has 0 N–H and O–H groups in total. The van der Waals surface area contributed by atoms with Crippen LogP contribution >= 0.6 is 0 Å². The zero-order valence-corrected chi connectivity index (χ0v) is 14.7. The molecule has 1 atom stereocenters. The molecule has 0 spiro atoms. The van der Waals surface area contributed by atoms with Crippen molar-refractivity contribution < 1.29 is 14.3 Å². The van der Waals surface area contributed by atoms with Crippen molar-refractivity contribution in [1.29, 1.82) is 0 Å². The summed E-state index contributed by atoms with van der Waals surface area (Å²) in [6, 6.07) is 18.2. The fourth-order valence-corrected chi connectivity index (χ4v) is 2.44. The molecule has 3 nitrogen and oxygen atoms in total. The molecular weight excluding hydrogens is 300 g/mol. The Bertz CT molecular complexity index is 700. The molecule has 24 heavy (non-hydrogen) atoms. The van der Waals surface area contributed by atoms with E-state index in [1.165, 1.54) is 11.1 Å². The van der Waals surface area contributed by atoms with Crippen LogP contribution in [-0.2, 0) is 14.9 Å². The third kappa shape index (κ3) is 4.25. The van der Waals surface area contributed by atoms with Crippen LogP contribution in [0.2, 0.25) is 0 Å². The van der Waals surface area contributed by atoms with Crippen LogP contribution in [-0.4, -0.2) is 12.3 Å². The van der Waals surface area contributed by atoms with Gasteiger partial charge in [0.2, 0.25) is 6.29 Å². The lowest BCUT2D eigenvalue weighted by molar-refractivity contribution is -0.156. The lowest BCUT2D eigenvalue weighted by atomic mass is 9.78. The highest BCUT2D eigenvalue weighted by Gasteiger charge is 2.22. The van der Waals surface area contributed by atoms with Crippen molar-refractivity contribution in [3.63, 3.8) is 0 Å². The molecule has 3 heteroatoms. The Kier molecular flexibility index (Phi) is 5.45. The summed E-state index contributed by atoms with van der Waals surface area (Å²) in [5.74, 6) is 0.203. The second-order valence-electron chi connectivity index (χ2n) is 6.39. The molecular formula is C21H24O3. The Morgan fingerprint density at radius 3 is 2.08 bits per heavy atom. The minimum Gasteiger partial charge on any atom is -0.455 e. The van der Waals surface area contributed by atoms with Crippen LogP contribution in [0, 0.1) is 0 Å². The molecule has 0 radical (unpaired) electrons. The maximum Gasteiger partial charge on any atom is 0.336 e. The maximum atomic E-state index is 11.5. The zero-order chi connectivity index (χ0) is 17.7. The molecule has 0 aliphatic carbocycles. The van der Waals surface area contributed by atoms with Crippen molar-refractivity contribution in [2.75, 3.05) is 0 Å². The van der Waals surface area contributed by atoms with Crippen LogP contribution in [0.15, 0.2) is 66.7 Å². The molecule has 2 aromatic carbocycles. The number of esters is 1. The first-order chi connectivity index (χ1) is 11.3. The van der Waals surface area contributed by atoms with Gasteiger partial charge in [-0.25, -0.2) is 4.79 Å². The predicted molar refractivity (Wildman–Crippen MR) is 96.0 cm³/mol. The lowest BCUT2D eigenvalue weighted by Crippen LogP contribution is -2.21. The molecule has 1 unspecified atom stereocenters. The minimum absolute atomic E-state index is 0.0994. The van der Waals surface area contributed by atoms with E-state index in [9.17, 15) is 4.79 Å². The van der Waals surface area contributed by atoms with Crippen LogP contribution in [0.4, 0.5) is 0 Å². The average molecular weight is 324 g/mol. The smallest absolute Gasteiger partial charge is 0.336 e. The molecule has 0 aromatic heterocycles. The molecule has 2 aromatic rings. The first-order valence-electron chi connectivity index (χ1n) is 8.00. The number of benzene rings is 2. The summed E-state index contributed by atoms with van der Waals surface area (Å²) in [6.45, 7) is 11.2. The zero-order valence-electron chi connectivity index (χ0n) is 14.7. The van der Waals surface area contributed by atoms with Crippen molar-refractivity contribution in [2.24, 2.45) is 0 Å². The minimum atomic E-state index is -0.665. The van der Waals surface area contributed by atoms with Crippen molar-refractivity contribution >= 4 is 5.97 Å². The van der Waals surface area contributed by atoms with E-state index >= 15 is 0 Å². The summed E-state index contributed by atoms with van der Waals surface area (Å²) in [4.78, 5) is 11.5. The van der Waals surface area contributed by atoms with Crippen LogP contribution < -0.4 is 4.74 Å². The van der Waals surface area contributed by atoms with E-state index in [0.29, 0.717) is 11.3 Å². The monoisotopic (exact) mass is 324 g/mol. The van der Waals surface area contributed by atoms with E-state index in [1.54, 1.807) is 13.8 Å². The third-order valence-electron chi connectivity index (χ3n) is 3.99. The number of rotatable bonds is 6. The number of carbonyl (C=O) groups excluding carboxylic acids is 1. The van der Waals surface area contributed by atoms with Gasteiger partial charge in [0.1, 0.15) is 5.75 Å². The van der Waals surface area contributed by atoms with Gasteiger partial charge in [-0.05, 0) is 30.2 Å². The molecule has 0 bridgehead atoms. The maximum absolute atomic E-state index is 11.5. The van der Waals surface area contributed by atoms with Crippen molar-refractivity contribution in [3.05, 3.63) is 77.9 Å². The van der Waals surface area contributed by atoms with Crippen molar-refractivity contribution in [3.8, 4) is 5.75 Å². The van der Waals surface area contributed by atoms with Crippen LogP contribution in [0.5, 0.6) is 5.75 Å². The summed E-state index contributed by atoms with van der Waals surface area (Å²) in [5.41, 5.74) is 2.69. The van der Waals surface area contributed by atoms with Crippen molar-refractivity contribution in [2.45, 2.75) is 39.4 Å². The topological polar surface area (TPSA) is 35.5 Å². The highest BCUT2D eigenvalue weighted by molar-refractivity contribution is 5.87. The average Bonchev–Trinajstić information content (AvgIpc) is 2.56. The Balaban J connectivity index is 2.08. The normalized spacial score (nSPS) is 12.3. The van der Waals surface area contributed by atoms with Gasteiger partial charge in [0.05, 0.1) is 0 Å². The second kappa shape index (κ2) is 7.35. The van der Waals surface area contributed by atoms with Gasteiger partial charge in [-0.2, -0.15) is 0 Å². The molecule has 0 fully saturated rings. The number of ether oxygens (including phenoxy) is 2. The van der Waals surface area contributed by atoms with Gasteiger partial charge >= 0.3 is 5.97 Å². The van der Waals surface area contributed by atoms with Crippen LogP contribution in [0.1, 0.15) is 38.8 Å². The third-order valence-corrected chi connectivity index (χ3v) is 3.99. The van der Waals surface area contributed by atoms with E-state index in [0.717, 1.165) is 0 Å². The fourth-order valence-electron chi connectivity index (χ4n) is 2.44. The summed E-state index contributed by atoms with van der Waals surface area (Å²) in [7, 11) is 0. The standard InChI is InChI=1S/C21H24O3/c1-15(2)20(22)24-16(3)23-19-13-11-18(12-14-19)21(4,5)17-9-7-6-8-10-17/h6-14,16H,1H2,2-5H3. The molecule has 2 rings (SSSR count).